The lowest BCUT2D eigenvalue weighted by Crippen LogP contribution is -2.33. The standard InChI is InChI=1S/C20H19Cl2NO3S/c1-11(13-7-12-5-3-4-6-17(12)26-10-13)19(27)23-16-9-14(21)8-15(22)18(16)20(24)25-2/h3-6,8-9,11,13H,7,10H2,1-2H3,(H,23,27). The second-order valence-corrected chi connectivity index (χ2v) is 7.75. The molecule has 142 valence electrons. The van der Waals surface area contributed by atoms with Crippen LogP contribution in [0.3, 0.4) is 0 Å². The number of halogens is 2. The summed E-state index contributed by atoms with van der Waals surface area (Å²) in [6.45, 7) is 2.63. The van der Waals surface area contributed by atoms with E-state index in [1.165, 1.54) is 18.7 Å². The first-order chi connectivity index (χ1) is 12.9. The monoisotopic (exact) mass is 423 g/mol. The Morgan fingerprint density at radius 1 is 1.33 bits per heavy atom. The highest BCUT2D eigenvalue weighted by Crippen LogP contribution is 2.33. The van der Waals surface area contributed by atoms with Crippen LogP contribution in [0.15, 0.2) is 36.4 Å². The van der Waals surface area contributed by atoms with Gasteiger partial charge in [-0.05, 0) is 30.2 Å². The van der Waals surface area contributed by atoms with E-state index in [1.54, 1.807) is 6.07 Å². The van der Waals surface area contributed by atoms with Crippen molar-refractivity contribution in [1.82, 2.24) is 0 Å². The molecule has 0 radical (unpaired) electrons. The number of ether oxygens (including phenoxy) is 2. The van der Waals surface area contributed by atoms with Crippen molar-refractivity contribution in [2.75, 3.05) is 19.0 Å². The lowest BCUT2D eigenvalue weighted by atomic mass is 9.86. The number of hydrogen-bond acceptors (Lipinski definition) is 4. The summed E-state index contributed by atoms with van der Waals surface area (Å²) in [5.41, 5.74) is 1.82. The van der Waals surface area contributed by atoms with Gasteiger partial charge < -0.3 is 14.8 Å². The molecule has 3 rings (SSSR count). The third-order valence-corrected chi connectivity index (χ3v) is 5.72. The predicted molar refractivity (Wildman–Crippen MR) is 112 cm³/mol. The molecule has 0 saturated carbocycles. The highest BCUT2D eigenvalue weighted by atomic mass is 35.5. The van der Waals surface area contributed by atoms with E-state index >= 15 is 0 Å². The Kier molecular flexibility index (Phi) is 6.25. The molecule has 27 heavy (non-hydrogen) atoms. The molecule has 1 aliphatic rings. The number of methoxy groups -OCH3 is 1. The highest BCUT2D eigenvalue weighted by Gasteiger charge is 2.28. The molecular weight excluding hydrogens is 405 g/mol. The molecule has 4 nitrogen and oxygen atoms in total. The minimum Gasteiger partial charge on any atom is -0.493 e. The second-order valence-electron chi connectivity index (χ2n) is 6.46. The number of benzene rings is 2. The van der Waals surface area contributed by atoms with E-state index in [0.717, 1.165) is 12.2 Å². The van der Waals surface area contributed by atoms with Crippen LogP contribution in [0.2, 0.25) is 10.0 Å². The van der Waals surface area contributed by atoms with Crippen molar-refractivity contribution in [2.24, 2.45) is 11.8 Å². The second kappa shape index (κ2) is 8.46. The molecule has 0 bridgehead atoms. The van der Waals surface area contributed by atoms with Crippen LogP contribution in [-0.4, -0.2) is 24.7 Å². The third-order valence-electron chi connectivity index (χ3n) is 4.73. The van der Waals surface area contributed by atoms with Crippen molar-refractivity contribution < 1.29 is 14.3 Å². The maximum Gasteiger partial charge on any atom is 0.341 e. The van der Waals surface area contributed by atoms with Gasteiger partial charge in [-0.1, -0.05) is 60.5 Å². The molecule has 7 heteroatoms. The highest BCUT2D eigenvalue weighted by molar-refractivity contribution is 7.80. The number of hydrogen-bond donors (Lipinski definition) is 1. The fourth-order valence-electron chi connectivity index (χ4n) is 3.11. The van der Waals surface area contributed by atoms with Crippen LogP contribution in [-0.2, 0) is 11.2 Å². The van der Waals surface area contributed by atoms with Crippen LogP contribution in [0, 0.1) is 11.8 Å². The summed E-state index contributed by atoms with van der Waals surface area (Å²) in [6.07, 6.45) is 0.874. The van der Waals surface area contributed by atoms with E-state index in [9.17, 15) is 4.79 Å². The summed E-state index contributed by atoms with van der Waals surface area (Å²) >= 11 is 17.9. The zero-order chi connectivity index (χ0) is 19.6. The van der Waals surface area contributed by atoms with E-state index in [4.69, 9.17) is 44.9 Å². The minimum absolute atomic E-state index is 0.0246. The van der Waals surface area contributed by atoms with Gasteiger partial charge in [0.15, 0.2) is 0 Å². The Morgan fingerprint density at radius 2 is 2.07 bits per heavy atom. The van der Waals surface area contributed by atoms with E-state index in [2.05, 4.69) is 11.4 Å². The summed E-state index contributed by atoms with van der Waals surface area (Å²) in [4.78, 5) is 12.7. The molecule has 1 aliphatic heterocycles. The van der Waals surface area contributed by atoms with E-state index in [-0.39, 0.29) is 22.4 Å². The number of rotatable bonds is 4. The Balaban J connectivity index is 1.79. The summed E-state index contributed by atoms with van der Waals surface area (Å²) in [7, 11) is 1.30. The van der Waals surface area contributed by atoms with Crippen molar-refractivity contribution in [3.63, 3.8) is 0 Å². The lowest BCUT2D eigenvalue weighted by molar-refractivity contribution is 0.0602. The topological polar surface area (TPSA) is 47.6 Å². The zero-order valence-electron chi connectivity index (χ0n) is 14.9. The van der Waals surface area contributed by atoms with Crippen LogP contribution < -0.4 is 10.1 Å². The van der Waals surface area contributed by atoms with Gasteiger partial charge in [0.05, 0.1) is 29.4 Å². The van der Waals surface area contributed by atoms with Crippen LogP contribution in [0.5, 0.6) is 5.75 Å². The van der Waals surface area contributed by atoms with Crippen LogP contribution in [0.4, 0.5) is 5.69 Å². The van der Waals surface area contributed by atoms with Gasteiger partial charge in [0.25, 0.3) is 0 Å². The number of nitrogens with one attached hydrogen (secondary N) is 1. The molecule has 1 N–H and O–H groups in total. The smallest absolute Gasteiger partial charge is 0.341 e. The van der Waals surface area contributed by atoms with Crippen molar-refractivity contribution in [3.8, 4) is 5.75 Å². The van der Waals surface area contributed by atoms with Crippen LogP contribution in [0.25, 0.3) is 0 Å². The van der Waals surface area contributed by atoms with Gasteiger partial charge in [-0.2, -0.15) is 0 Å². The fraction of sp³-hybridized carbons (Fsp3) is 0.300. The molecule has 0 saturated heterocycles. The Hall–Kier alpha value is -1.82. The molecule has 0 aliphatic carbocycles. The minimum atomic E-state index is -0.551. The maximum atomic E-state index is 12.1. The number of carbonyl (C=O) groups is 1. The summed E-state index contributed by atoms with van der Waals surface area (Å²) in [5.74, 6) is 0.617. The molecule has 1 heterocycles. The number of carbonyl (C=O) groups excluding carboxylic acids is 1. The van der Waals surface area contributed by atoms with Crippen molar-refractivity contribution in [2.45, 2.75) is 13.3 Å². The first kappa shape index (κ1) is 19.9. The average Bonchev–Trinajstić information content (AvgIpc) is 2.66. The molecule has 2 aromatic carbocycles. The first-order valence-electron chi connectivity index (χ1n) is 8.49. The quantitative estimate of drug-likeness (QED) is 0.526. The van der Waals surface area contributed by atoms with Gasteiger partial charge in [0.2, 0.25) is 0 Å². The lowest BCUT2D eigenvalue weighted by Gasteiger charge is -2.30. The van der Waals surface area contributed by atoms with Gasteiger partial charge in [-0.15, -0.1) is 0 Å². The van der Waals surface area contributed by atoms with Gasteiger partial charge in [0.1, 0.15) is 11.3 Å². The average molecular weight is 424 g/mol. The SMILES string of the molecule is COC(=O)c1c(Cl)cc(Cl)cc1NC(=S)C(C)C1COc2ccccc2C1. The molecule has 0 fully saturated rings. The molecule has 0 spiro atoms. The predicted octanol–water partition coefficient (Wildman–Crippen LogP) is 5.41. The number of fused-ring (bicyclic) bond motifs is 1. The van der Waals surface area contributed by atoms with Crippen molar-refractivity contribution in [3.05, 3.63) is 57.6 Å². The maximum absolute atomic E-state index is 12.1. The zero-order valence-corrected chi connectivity index (χ0v) is 17.3. The molecule has 2 atom stereocenters. The van der Waals surface area contributed by atoms with E-state index < -0.39 is 5.97 Å². The Morgan fingerprint density at radius 3 is 2.81 bits per heavy atom. The number of anilines is 1. The van der Waals surface area contributed by atoms with Crippen molar-refractivity contribution >= 4 is 52.1 Å². The van der Waals surface area contributed by atoms with Crippen LogP contribution >= 0.6 is 35.4 Å². The number of esters is 1. The van der Waals surface area contributed by atoms with E-state index in [0.29, 0.717) is 22.3 Å². The molecular formula is C20H19Cl2NO3S. The largest absolute Gasteiger partial charge is 0.493 e. The third kappa shape index (κ3) is 4.37. The van der Waals surface area contributed by atoms with Crippen LogP contribution in [0.1, 0.15) is 22.8 Å². The number of thiocarbonyl (C=S) groups is 1. The normalized spacial score (nSPS) is 16.7. The number of para-hydroxylation sites is 1. The van der Waals surface area contributed by atoms with Gasteiger partial charge in [-0.3, -0.25) is 0 Å². The van der Waals surface area contributed by atoms with Gasteiger partial charge in [-0.25, -0.2) is 4.79 Å². The Labute approximate surface area is 173 Å². The molecule has 2 unspecified atom stereocenters. The molecule has 0 aromatic heterocycles. The molecule has 2 aromatic rings. The molecule has 0 amide bonds. The summed E-state index contributed by atoms with van der Waals surface area (Å²) < 4.78 is 10.7. The fourth-order valence-corrected chi connectivity index (χ4v) is 3.99. The van der Waals surface area contributed by atoms with Gasteiger partial charge >= 0.3 is 5.97 Å². The summed E-state index contributed by atoms with van der Waals surface area (Å²) in [5, 5.41) is 3.75. The summed E-state index contributed by atoms with van der Waals surface area (Å²) in [6, 6.07) is 11.1. The van der Waals surface area contributed by atoms with Crippen molar-refractivity contribution in [1.29, 1.82) is 0 Å². The van der Waals surface area contributed by atoms with E-state index in [1.807, 2.05) is 25.1 Å². The Bertz CT molecular complexity index is 888. The first-order valence-corrected chi connectivity index (χ1v) is 9.66. The van der Waals surface area contributed by atoms with Gasteiger partial charge in [0, 0.05) is 16.9 Å².